The van der Waals surface area contributed by atoms with Crippen molar-refractivity contribution in [2.45, 2.75) is 13.1 Å². The molecular weight excluding hydrogens is 232 g/mol. The number of nitrogen functional groups attached to an aromatic ring is 1. The van der Waals surface area contributed by atoms with Gasteiger partial charge in [-0.05, 0) is 17.7 Å². The molecule has 2 rings (SSSR count). The fourth-order valence-corrected chi connectivity index (χ4v) is 1.60. The van der Waals surface area contributed by atoms with Crippen LogP contribution in [0.25, 0.3) is 0 Å². The van der Waals surface area contributed by atoms with Gasteiger partial charge in [-0.15, -0.1) is 0 Å². The van der Waals surface area contributed by atoms with E-state index in [9.17, 15) is 4.79 Å². The number of amides is 1. The van der Waals surface area contributed by atoms with Gasteiger partial charge >= 0.3 is 6.09 Å². The Labute approximate surface area is 104 Å². The Bertz CT molecular complexity index is 507. The number of carbonyl (C=O) groups is 1. The van der Waals surface area contributed by atoms with Crippen molar-refractivity contribution in [2.75, 3.05) is 5.73 Å². The summed E-state index contributed by atoms with van der Waals surface area (Å²) < 4.78 is 0. The lowest BCUT2D eigenvalue weighted by atomic mass is 10.2. The topological polar surface area (TPSA) is 95.2 Å². The number of hydrogen-bond acceptors (Lipinski definition) is 3. The standard InChI is InChI=1S/C12H14N4O2/c13-10-3-1-9(2-4-10)7-16(12(17)18)8-11-14-5-6-15-11/h1-6H,7-8,13H2,(H,14,15)(H,17,18). The fourth-order valence-electron chi connectivity index (χ4n) is 1.60. The van der Waals surface area contributed by atoms with Crippen molar-refractivity contribution in [1.82, 2.24) is 14.9 Å². The van der Waals surface area contributed by atoms with Crippen LogP contribution in [-0.2, 0) is 13.1 Å². The average Bonchev–Trinajstić information content (AvgIpc) is 2.84. The maximum atomic E-state index is 11.2. The highest BCUT2D eigenvalue weighted by Crippen LogP contribution is 2.10. The van der Waals surface area contributed by atoms with Gasteiger partial charge in [0, 0.05) is 24.6 Å². The van der Waals surface area contributed by atoms with Crippen LogP contribution in [0.5, 0.6) is 0 Å². The predicted molar refractivity (Wildman–Crippen MR) is 66.7 cm³/mol. The normalized spacial score (nSPS) is 10.2. The summed E-state index contributed by atoms with van der Waals surface area (Å²) in [6.45, 7) is 0.531. The number of benzene rings is 1. The SMILES string of the molecule is Nc1ccc(CN(Cc2ncc[nH]2)C(=O)O)cc1. The summed E-state index contributed by atoms with van der Waals surface area (Å²) >= 11 is 0. The summed E-state index contributed by atoms with van der Waals surface area (Å²) in [4.78, 5) is 19.3. The number of aromatic amines is 1. The molecule has 94 valence electrons. The first-order valence-electron chi connectivity index (χ1n) is 5.45. The van der Waals surface area contributed by atoms with Crippen LogP contribution in [-0.4, -0.2) is 26.1 Å². The van der Waals surface area contributed by atoms with Gasteiger partial charge in [0.2, 0.25) is 0 Å². The van der Waals surface area contributed by atoms with E-state index in [1.807, 2.05) is 12.1 Å². The Morgan fingerprint density at radius 2 is 2.06 bits per heavy atom. The second-order valence-corrected chi connectivity index (χ2v) is 3.92. The minimum Gasteiger partial charge on any atom is -0.465 e. The molecule has 1 aromatic carbocycles. The number of hydrogen-bond donors (Lipinski definition) is 3. The number of anilines is 1. The van der Waals surface area contributed by atoms with Crippen molar-refractivity contribution in [3.63, 3.8) is 0 Å². The van der Waals surface area contributed by atoms with E-state index in [-0.39, 0.29) is 6.54 Å². The van der Waals surface area contributed by atoms with Crippen molar-refractivity contribution in [3.05, 3.63) is 48.0 Å². The van der Waals surface area contributed by atoms with Crippen LogP contribution in [0.2, 0.25) is 0 Å². The van der Waals surface area contributed by atoms with Crippen molar-refractivity contribution >= 4 is 11.8 Å². The lowest BCUT2D eigenvalue weighted by Gasteiger charge is -2.18. The quantitative estimate of drug-likeness (QED) is 0.715. The lowest BCUT2D eigenvalue weighted by Crippen LogP contribution is -2.28. The molecule has 0 unspecified atom stereocenters. The van der Waals surface area contributed by atoms with Crippen molar-refractivity contribution in [1.29, 1.82) is 0 Å². The number of carboxylic acid groups (broad SMARTS) is 1. The van der Waals surface area contributed by atoms with E-state index in [0.29, 0.717) is 18.1 Å². The van der Waals surface area contributed by atoms with Gasteiger partial charge in [0.1, 0.15) is 5.82 Å². The summed E-state index contributed by atoms with van der Waals surface area (Å²) in [7, 11) is 0. The number of imidazole rings is 1. The van der Waals surface area contributed by atoms with E-state index in [1.54, 1.807) is 24.5 Å². The molecule has 0 saturated heterocycles. The molecule has 0 radical (unpaired) electrons. The molecule has 4 N–H and O–H groups in total. The molecule has 1 aromatic heterocycles. The summed E-state index contributed by atoms with van der Waals surface area (Å²) in [5.41, 5.74) is 7.13. The van der Waals surface area contributed by atoms with Crippen LogP contribution in [0.1, 0.15) is 11.4 Å². The molecule has 0 fully saturated rings. The summed E-state index contributed by atoms with van der Waals surface area (Å²) in [6.07, 6.45) is 2.28. The molecule has 0 aliphatic carbocycles. The Kier molecular flexibility index (Phi) is 3.47. The van der Waals surface area contributed by atoms with E-state index < -0.39 is 6.09 Å². The molecule has 6 nitrogen and oxygen atoms in total. The summed E-state index contributed by atoms with van der Waals surface area (Å²) in [5, 5.41) is 9.15. The average molecular weight is 246 g/mol. The molecule has 1 heterocycles. The van der Waals surface area contributed by atoms with Gasteiger partial charge in [-0.1, -0.05) is 12.1 Å². The zero-order chi connectivity index (χ0) is 13.0. The molecular formula is C12H14N4O2. The van der Waals surface area contributed by atoms with Gasteiger partial charge in [0.05, 0.1) is 6.54 Å². The molecule has 2 aromatic rings. The molecule has 0 saturated carbocycles. The molecule has 0 atom stereocenters. The zero-order valence-corrected chi connectivity index (χ0v) is 9.71. The third-order valence-electron chi connectivity index (χ3n) is 2.52. The fraction of sp³-hybridized carbons (Fsp3) is 0.167. The predicted octanol–water partition coefficient (Wildman–Crippen LogP) is 1.67. The smallest absolute Gasteiger partial charge is 0.408 e. The van der Waals surface area contributed by atoms with E-state index in [0.717, 1.165) is 5.56 Å². The molecule has 0 aliphatic heterocycles. The van der Waals surface area contributed by atoms with Gasteiger partial charge < -0.3 is 15.8 Å². The Hall–Kier alpha value is -2.50. The highest BCUT2D eigenvalue weighted by Gasteiger charge is 2.13. The number of H-pyrrole nitrogens is 1. The number of nitrogens with two attached hydrogens (primary N) is 1. The molecule has 18 heavy (non-hydrogen) atoms. The van der Waals surface area contributed by atoms with Crippen molar-refractivity contribution in [2.24, 2.45) is 0 Å². The van der Waals surface area contributed by atoms with Crippen LogP contribution < -0.4 is 5.73 Å². The van der Waals surface area contributed by atoms with E-state index in [4.69, 9.17) is 10.8 Å². The molecule has 1 amide bonds. The van der Waals surface area contributed by atoms with Gasteiger partial charge in [-0.2, -0.15) is 0 Å². The Balaban J connectivity index is 2.06. The van der Waals surface area contributed by atoms with E-state index in [2.05, 4.69) is 9.97 Å². The second kappa shape index (κ2) is 5.22. The molecule has 0 spiro atoms. The largest absolute Gasteiger partial charge is 0.465 e. The number of nitrogens with one attached hydrogen (secondary N) is 1. The van der Waals surface area contributed by atoms with Crippen LogP contribution in [0.3, 0.4) is 0 Å². The van der Waals surface area contributed by atoms with E-state index in [1.165, 1.54) is 4.90 Å². The van der Waals surface area contributed by atoms with E-state index >= 15 is 0 Å². The first kappa shape index (κ1) is 12.0. The number of aromatic nitrogens is 2. The first-order chi connectivity index (χ1) is 8.65. The molecule has 0 aliphatic rings. The van der Waals surface area contributed by atoms with Crippen LogP contribution >= 0.6 is 0 Å². The summed E-state index contributed by atoms with van der Waals surface area (Å²) in [5.74, 6) is 0.618. The van der Waals surface area contributed by atoms with Crippen LogP contribution in [0.15, 0.2) is 36.7 Å². The minimum atomic E-state index is -0.983. The van der Waals surface area contributed by atoms with Gasteiger partial charge in [-0.25, -0.2) is 9.78 Å². The first-order valence-corrected chi connectivity index (χ1v) is 5.45. The van der Waals surface area contributed by atoms with Crippen molar-refractivity contribution in [3.8, 4) is 0 Å². The third kappa shape index (κ3) is 3.00. The lowest BCUT2D eigenvalue weighted by molar-refractivity contribution is 0.138. The Morgan fingerprint density at radius 1 is 1.33 bits per heavy atom. The maximum absolute atomic E-state index is 11.2. The number of rotatable bonds is 4. The third-order valence-corrected chi connectivity index (χ3v) is 2.52. The highest BCUT2D eigenvalue weighted by atomic mass is 16.4. The summed E-state index contributed by atoms with van der Waals surface area (Å²) in [6, 6.07) is 7.13. The Morgan fingerprint density at radius 3 is 2.61 bits per heavy atom. The highest BCUT2D eigenvalue weighted by molar-refractivity contribution is 5.65. The van der Waals surface area contributed by atoms with Gasteiger partial charge in [-0.3, -0.25) is 4.90 Å². The minimum absolute atomic E-state index is 0.229. The zero-order valence-electron chi connectivity index (χ0n) is 9.71. The van der Waals surface area contributed by atoms with Crippen LogP contribution in [0.4, 0.5) is 10.5 Å². The monoisotopic (exact) mass is 246 g/mol. The van der Waals surface area contributed by atoms with Gasteiger partial charge in [0.25, 0.3) is 0 Å². The van der Waals surface area contributed by atoms with Crippen LogP contribution in [0, 0.1) is 0 Å². The molecule has 0 bridgehead atoms. The van der Waals surface area contributed by atoms with Gasteiger partial charge in [0.15, 0.2) is 0 Å². The second-order valence-electron chi connectivity index (χ2n) is 3.92. The van der Waals surface area contributed by atoms with Crippen molar-refractivity contribution < 1.29 is 9.90 Å². The maximum Gasteiger partial charge on any atom is 0.408 e. The molecule has 6 heteroatoms. The number of nitrogens with zero attached hydrogens (tertiary/aromatic N) is 2.